The summed E-state index contributed by atoms with van der Waals surface area (Å²) in [6.07, 6.45) is 0. The topological polar surface area (TPSA) is 62.8 Å². The summed E-state index contributed by atoms with van der Waals surface area (Å²) in [6, 6.07) is 14.4. The van der Waals surface area contributed by atoms with E-state index in [0.29, 0.717) is 29.5 Å². The lowest BCUT2D eigenvalue weighted by molar-refractivity contribution is 0.248. The second kappa shape index (κ2) is 10.3. The van der Waals surface area contributed by atoms with Crippen LogP contribution < -0.4 is 20.1 Å². The maximum absolute atomic E-state index is 11.9. The average Bonchev–Trinajstić information content (AvgIpc) is 2.67. The number of hydrogen-bond donors (Lipinski definition) is 2. The van der Waals surface area contributed by atoms with E-state index in [1.165, 1.54) is 0 Å². The molecular weight excluding hydrogens is 330 g/mol. The molecule has 0 fully saturated rings. The summed E-state index contributed by atoms with van der Waals surface area (Å²) >= 11 is 0. The maximum Gasteiger partial charge on any atom is 0.319 e. The number of methoxy groups -OCH3 is 1. The van der Waals surface area contributed by atoms with Gasteiger partial charge in [-0.1, -0.05) is 26.0 Å². The Morgan fingerprint density at radius 1 is 1.00 bits per heavy atom. The number of urea groups is 1. The normalized spacial score (nSPS) is 10.5. The third kappa shape index (κ3) is 5.97. The molecule has 26 heavy (non-hydrogen) atoms. The largest absolute Gasteiger partial charge is 0.493 e. The molecule has 0 spiro atoms. The van der Waals surface area contributed by atoms with Gasteiger partial charge in [-0.2, -0.15) is 0 Å². The van der Waals surface area contributed by atoms with Crippen molar-refractivity contribution in [3.05, 3.63) is 48.5 Å². The molecule has 6 heteroatoms. The summed E-state index contributed by atoms with van der Waals surface area (Å²) in [5.74, 6) is 1.98. The monoisotopic (exact) mass is 357 g/mol. The van der Waals surface area contributed by atoms with Crippen LogP contribution in [0.4, 0.5) is 10.5 Å². The van der Waals surface area contributed by atoms with Crippen LogP contribution in [0.2, 0.25) is 0 Å². The molecule has 0 unspecified atom stereocenters. The first-order valence-electron chi connectivity index (χ1n) is 8.84. The van der Waals surface area contributed by atoms with E-state index in [-0.39, 0.29) is 6.03 Å². The van der Waals surface area contributed by atoms with Gasteiger partial charge in [-0.15, -0.1) is 0 Å². The van der Waals surface area contributed by atoms with Gasteiger partial charge in [0.25, 0.3) is 0 Å². The highest BCUT2D eigenvalue weighted by atomic mass is 16.5. The van der Waals surface area contributed by atoms with Gasteiger partial charge in [-0.25, -0.2) is 4.79 Å². The molecule has 2 rings (SSSR count). The molecule has 2 aromatic rings. The first kappa shape index (κ1) is 19.6. The van der Waals surface area contributed by atoms with Gasteiger partial charge in [-0.05, 0) is 49.5 Å². The fraction of sp³-hybridized carbons (Fsp3) is 0.350. The highest BCUT2D eigenvalue weighted by Gasteiger charge is 2.06. The first-order valence-corrected chi connectivity index (χ1v) is 8.84. The Bertz CT molecular complexity index is 685. The number of benzene rings is 2. The third-order valence-corrected chi connectivity index (χ3v) is 4.02. The minimum absolute atomic E-state index is 0.212. The van der Waals surface area contributed by atoms with Crippen molar-refractivity contribution in [3.8, 4) is 17.2 Å². The molecule has 0 radical (unpaired) electrons. The highest BCUT2D eigenvalue weighted by Crippen LogP contribution is 2.31. The van der Waals surface area contributed by atoms with E-state index in [9.17, 15) is 4.79 Å². The van der Waals surface area contributed by atoms with Crippen LogP contribution in [0, 0.1) is 0 Å². The Hall–Kier alpha value is -2.73. The summed E-state index contributed by atoms with van der Waals surface area (Å²) in [5.41, 5.74) is 0.706. The van der Waals surface area contributed by atoms with Crippen LogP contribution in [0.15, 0.2) is 48.5 Å². The molecule has 0 atom stereocenters. The SMILES string of the molecule is CCN(CC)CCNC(=O)Nc1ccc(Oc2ccccc2OC)cc1. The second-order valence-corrected chi connectivity index (χ2v) is 5.69. The number of anilines is 1. The Balaban J connectivity index is 1.84. The van der Waals surface area contributed by atoms with Crippen LogP contribution in [0.5, 0.6) is 17.2 Å². The Morgan fingerprint density at radius 2 is 1.65 bits per heavy atom. The van der Waals surface area contributed by atoms with E-state index in [2.05, 4.69) is 29.4 Å². The average molecular weight is 357 g/mol. The zero-order chi connectivity index (χ0) is 18.8. The predicted octanol–water partition coefficient (Wildman–Crippen LogP) is 3.95. The van der Waals surface area contributed by atoms with Crippen molar-refractivity contribution < 1.29 is 14.3 Å². The van der Waals surface area contributed by atoms with Gasteiger partial charge in [0.05, 0.1) is 7.11 Å². The summed E-state index contributed by atoms with van der Waals surface area (Å²) in [6.45, 7) is 7.63. The molecule has 0 saturated carbocycles. The van der Waals surface area contributed by atoms with E-state index < -0.39 is 0 Å². The lowest BCUT2D eigenvalue weighted by atomic mass is 10.3. The van der Waals surface area contributed by atoms with E-state index in [0.717, 1.165) is 19.6 Å². The minimum atomic E-state index is -0.212. The summed E-state index contributed by atoms with van der Waals surface area (Å²) < 4.78 is 11.1. The maximum atomic E-state index is 11.9. The van der Waals surface area contributed by atoms with E-state index in [4.69, 9.17) is 9.47 Å². The van der Waals surface area contributed by atoms with Gasteiger partial charge in [-0.3, -0.25) is 0 Å². The number of ether oxygens (including phenoxy) is 2. The van der Waals surface area contributed by atoms with E-state index in [1.54, 1.807) is 31.4 Å². The lowest BCUT2D eigenvalue weighted by Gasteiger charge is -2.18. The zero-order valence-electron chi connectivity index (χ0n) is 15.6. The molecule has 6 nitrogen and oxygen atoms in total. The summed E-state index contributed by atoms with van der Waals surface area (Å²) in [7, 11) is 1.61. The van der Waals surface area contributed by atoms with Gasteiger partial charge in [0.15, 0.2) is 11.5 Å². The van der Waals surface area contributed by atoms with Gasteiger partial charge in [0, 0.05) is 18.8 Å². The highest BCUT2D eigenvalue weighted by molar-refractivity contribution is 5.89. The van der Waals surface area contributed by atoms with Crippen molar-refractivity contribution in [1.82, 2.24) is 10.2 Å². The second-order valence-electron chi connectivity index (χ2n) is 5.69. The number of carbonyl (C=O) groups is 1. The fourth-order valence-electron chi connectivity index (χ4n) is 2.48. The number of likely N-dealkylation sites (N-methyl/N-ethyl adjacent to an activating group) is 1. The molecule has 0 aliphatic carbocycles. The molecule has 0 aromatic heterocycles. The molecule has 0 aliphatic rings. The fourth-order valence-corrected chi connectivity index (χ4v) is 2.48. The molecule has 0 saturated heterocycles. The van der Waals surface area contributed by atoms with E-state index >= 15 is 0 Å². The van der Waals surface area contributed by atoms with Crippen molar-refractivity contribution in [2.24, 2.45) is 0 Å². The number of rotatable bonds is 9. The molecule has 2 amide bonds. The number of amides is 2. The number of para-hydroxylation sites is 2. The Morgan fingerprint density at radius 3 is 2.27 bits per heavy atom. The Labute approximate surface area is 155 Å². The van der Waals surface area contributed by atoms with Crippen molar-refractivity contribution in [1.29, 1.82) is 0 Å². The number of carbonyl (C=O) groups excluding carboxylic acids is 1. The number of hydrogen-bond acceptors (Lipinski definition) is 4. The van der Waals surface area contributed by atoms with Crippen LogP contribution in [-0.4, -0.2) is 44.2 Å². The molecule has 0 bridgehead atoms. The van der Waals surface area contributed by atoms with Crippen LogP contribution in [-0.2, 0) is 0 Å². The smallest absolute Gasteiger partial charge is 0.319 e. The summed E-state index contributed by atoms with van der Waals surface area (Å²) in [5, 5.41) is 5.68. The number of nitrogens with zero attached hydrogens (tertiary/aromatic N) is 1. The number of nitrogens with one attached hydrogen (secondary N) is 2. The quantitative estimate of drug-likeness (QED) is 0.713. The van der Waals surface area contributed by atoms with Gasteiger partial charge in [0.2, 0.25) is 0 Å². The van der Waals surface area contributed by atoms with Crippen molar-refractivity contribution in [3.63, 3.8) is 0 Å². The van der Waals surface area contributed by atoms with Gasteiger partial charge >= 0.3 is 6.03 Å². The molecule has 140 valence electrons. The third-order valence-electron chi connectivity index (χ3n) is 4.02. The van der Waals surface area contributed by atoms with Crippen LogP contribution in [0.25, 0.3) is 0 Å². The van der Waals surface area contributed by atoms with Crippen molar-refractivity contribution in [2.45, 2.75) is 13.8 Å². The van der Waals surface area contributed by atoms with Gasteiger partial charge in [0.1, 0.15) is 5.75 Å². The first-order chi connectivity index (χ1) is 12.7. The molecule has 0 aliphatic heterocycles. The predicted molar refractivity (Wildman–Crippen MR) is 104 cm³/mol. The molecule has 2 aromatic carbocycles. The van der Waals surface area contributed by atoms with Crippen LogP contribution >= 0.6 is 0 Å². The standard InChI is InChI=1S/C20H27N3O3/c1-4-23(5-2)15-14-21-20(24)22-16-10-12-17(13-11-16)26-19-9-7-6-8-18(19)25-3/h6-13H,4-5,14-15H2,1-3H3,(H2,21,22,24). The molecule has 2 N–H and O–H groups in total. The Kier molecular flexibility index (Phi) is 7.76. The van der Waals surface area contributed by atoms with Crippen LogP contribution in [0.3, 0.4) is 0 Å². The van der Waals surface area contributed by atoms with Crippen molar-refractivity contribution >= 4 is 11.7 Å². The zero-order valence-corrected chi connectivity index (χ0v) is 15.6. The minimum Gasteiger partial charge on any atom is -0.493 e. The lowest BCUT2D eigenvalue weighted by Crippen LogP contribution is -2.36. The molecule has 0 heterocycles. The summed E-state index contributed by atoms with van der Waals surface area (Å²) in [4.78, 5) is 14.2. The molecular formula is C20H27N3O3. The van der Waals surface area contributed by atoms with Crippen molar-refractivity contribution in [2.75, 3.05) is 38.6 Å². The van der Waals surface area contributed by atoms with Gasteiger partial charge < -0.3 is 25.0 Å². The van der Waals surface area contributed by atoms with E-state index in [1.807, 2.05) is 24.3 Å². The van der Waals surface area contributed by atoms with Crippen LogP contribution in [0.1, 0.15) is 13.8 Å².